The molecule has 0 saturated heterocycles. The predicted octanol–water partition coefficient (Wildman–Crippen LogP) is 4.39. The first kappa shape index (κ1) is 15.5. The van der Waals surface area contributed by atoms with Crippen molar-refractivity contribution < 1.29 is 9.13 Å². The lowest BCUT2D eigenvalue weighted by Crippen LogP contribution is -2.22. The van der Waals surface area contributed by atoms with Gasteiger partial charge in [0, 0.05) is 18.2 Å². The first-order valence-corrected chi connectivity index (χ1v) is 7.35. The molecule has 2 nitrogen and oxygen atoms in total. The van der Waals surface area contributed by atoms with Gasteiger partial charge in [0.25, 0.3) is 0 Å². The van der Waals surface area contributed by atoms with Gasteiger partial charge in [-0.3, -0.25) is 0 Å². The largest absolute Gasteiger partial charge is 0.494 e. The van der Waals surface area contributed by atoms with Crippen molar-refractivity contribution >= 4 is 0 Å². The molecule has 0 aliphatic heterocycles. The molecular weight excluding hydrogens is 265 g/mol. The summed E-state index contributed by atoms with van der Waals surface area (Å²) in [5, 5.41) is 3.23. The molecule has 2 aromatic carbocycles. The van der Waals surface area contributed by atoms with Crippen molar-refractivity contribution in [2.45, 2.75) is 33.4 Å². The molecule has 0 amide bonds. The maximum absolute atomic E-state index is 14.1. The molecule has 0 aliphatic carbocycles. The second kappa shape index (κ2) is 7.23. The van der Waals surface area contributed by atoms with Crippen molar-refractivity contribution in [1.29, 1.82) is 0 Å². The molecule has 21 heavy (non-hydrogen) atoms. The van der Waals surface area contributed by atoms with E-state index in [-0.39, 0.29) is 5.82 Å². The zero-order chi connectivity index (χ0) is 15.2. The topological polar surface area (TPSA) is 21.3 Å². The van der Waals surface area contributed by atoms with Crippen LogP contribution in [-0.2, 0) is 6.54 Å². The van der Waals surface area contributed by atoms with E-state index in [1.807, 2.05) is 57.2 Å². The average Bonchev–Trinajstić information content (AvgIpc) is 2.47. The Bertz CT molecular complexity index is 578. The Morgan fingerprint density at radius 3 is 2.29 bits per heavy atom. The monoisotopic (exact) mass is 287 g/mol. The molecule has 0 fully saturated rings. The smallest absolute Gasteiger partial charge is 0.128 e. The minimum atomic E-state index is -0.172. The molecule has 3 heteroatoms. The summed E-state index contributed by atoms with van der Waals surface area (Å²) in [6.07, 6.45) is 0. The maximum atomic E-state index is 14.1. The molecule has 0 aromatic heterocycles. The lowest BCUT2D eigenvalue weighted by atomic mass is 10.0. The highest BCUT2D eigenvalue weighted by atomic mass is 19.1. The fourth-order valence-corrected chi connectivity index (χ4v) is 2.09. The second-order valence-electron chi connectivity index (χ2n) is 5.30. The van der Waals surface area contributed by atoms with E-state index < -0.39 is 0 Å². The van der Waals surface area contributed by atoms with Crippen molar-refractivity contribution in [3.8, 4) is 16.9 Å². The van der Waals surface area contributed by atoms with Gasteiger partial charge in [-0.25, -0.2) is 4.39 Å². The number of hydrogen-bond donors (Lipinski definition) is 1. The van der Waals surface area contributed by atoms with Crippen LogP contribution in [0.4, 0.5) is 4.39 Å². The summed E-state index contributed by atoms with van der Waals surface area (Å²) in [7, 11) is 0. The van der Waals surface area contributed by atoms with Gasteiger partial charge in [-0.15, -0.1) is 0 Å². The van der Waals surface area contributed by atoms with Crippen LogP contribution in [0.25, 0.3) is 11.1 Å². The van der Waals surface area contributed by atoms with E-state index in [2.05, 4.69) is 5.32 Å². The highest BCUT2D eigenvalue weighted by Crippen LogP contribution is 2.24. The summed E-state index contributed by atoms with van der Waals surface area (Å²) in [4.78, 5) is 0. The minimum absolute atomic E-state index is 0.172. The summed E-state index contributed by atoms with van der Waals surface area (Å²) >= 11 is 0. The lowest BCUT2D eigenvalue weighted by Gasteiger charge is -2.10. The Balaban J connectivity index is 2.15. The number of benzene rings is 2. The zero-order valence-electron chi connectivity index (χ0n) is 12.8. The quantitative estimate of drug-likeness (QED) is 0.850. The molecule has 2 rings (SSSR count). The summed E-state index contributed by atoms with van der Waals surface area (Å²) in [5.41, 5.74) is 2.56. The Morgan fingerprint density at radius 1 is 1.05 bits per heavy atom. The van der Waals surface area contributed by atoms with Crippen molar-refractivity contribution in [3.05, 3.63) is 53.8 Å². The van der Waals surface area contributed by atoms with E-state index in [9.17, 15) is 4.39 Å². The van der Waals surface area contributed by atoms with Crippen LogP contribution < -0.4 is 10.1 Å². The SMILES string of the molecule is CCOc1ccc(-c2ccc(CNC(C)C)c(F)c2)cc1. The predicted molar refractivity (Wildman–Crippen MR) is 85.0 cm³/mol. The van der Waals surface area contributed by atoms with Gasteiger partial charge in [0.05, 0.1) is 6.61 Å². The van der Waals surface area contributed by atoms with Gasteiger partial charge in [0.2, 0.25) is 0 Å². The third-order valence-corrected chi connectivity index (χ3v) is 3.25. The average molecular weight is 287 g/mol. The van der Waals surface area contributed by atoms with Crippen LogP contribution in [0.15, 0.2) is 42.5 Å². The van der Waals surface area contributed by atoms with Gasteiger partial charge < -0.3 is 10.1 Å². The van der Waals surface area contributed by atoms with Crippen LogP contribution in [0.3, 0.4) is 0 Å². The van der Waals surface area contributed by atoms with Crippen molar-refractivity contribution in [1.82, 2.24) is 5.32 Å². The van der Waals surface area contributed by atoms with Gasteiger partial charge in [0.1, 0.15) is 11.6 Å². The van der Waals surface area contributed by atoms with Gasteiger partial charge in [-0.05, 0) is 36.2 Å². The summed E-state index contributed by atoms with van der Waals surface area (Å²) in [6, 6.07) is 13.4. The second-order valence-corrected chi connectivity index (χ2v) is 5.30. The van der Waals surface area contributed by atoms with Gasteiger partial charge >= 0.3 is 0 Å². The number of ether oxygens (including phenoxy) is 1. The van der Waals surface area contributed by atoms with Crippen molar-refractivity contribution in [2.75, 3.05) is 6.61 Å². The highest BCUT2D eigenvalue weighted by molar-refractivity contribution is 5.64. The fraction of sp³-hybridized carbons (Fsp3) is 0.333. The van der Waals surface area contributed by atoms with E-state index in [1.165, 1.54) is 0 Å². The molecular formula is C18H22FNO. The summed E-state index contributed by atoms with van der Waals surface area (Å²) in [5.74, 6) is 0.661. The van der Waals surface area contributed by atoms with Crippen LogP contribution in [0.5, 0.6) is 5.75 Å². The van der Waals surface area contributed by atoms with Gasteiger partial charge in [-0.1, -0.05) is 38.1 Å². The van der Waals surface area contributed by atoms with E-state index in [4.69, 9.17) is 4.74 Å². The third kappa shape index (κ3) is 4.30. The van der Waals surface area contributed by atoms with E-state index in [0.29, 0.717) is 24.8 Å². The molecule has 1 N–H and O–H groups in total. The number of hydrogen-bond acceptors (Lipinski definition) is 2. The van der Waals surface area contributed by atoms with Gasteiger partial charge in [0.15, 0.2) is 0 Å². The standard InChI is InChI=1S/C18H22FNO/c1-4-21-17-9-7-14(8-10-17)15-5-6-16(18(19)11-15)12-20-13(2)3/h5-11,13,20H,4,12H2,1-3H3. The van der Waals surface area contributed by atoms with Crippen LogP contribution in [0, 0.1) is 5.82 Å². The van der Waals surface area contributed by atoms with Gasteiger partial charge in [-0.2, -0.15) is 0 Å². The number of halogens is 1. The van der Waals surface area contributed by atoms with Crippen LogP contribution in [-0.4, -0.2) is 12.6 Å². The first-order chi connectivity index (χ1) is 10.1. The minimum Gasteiger partial charge on any atom is -0.494 e. The molecule has 0 atom stereocenters. The van der Waals surface area contributed by atoms with E-state index >= 15 is 0 Å². The molecule has 112 valence electrons. The Labute approximate surface area is 126 Å². The normalized spacial score (nSPS) is 10.9. The van der Waals surface area contributed by atoms with Crippen LogP contribution in [0.1, 0.15) is 26.3 Å². The molecule has 0 radical (unpaired) electrons. The highest BCUT2D eigenvalue weighted by Gasteiger charge is 2.06. The Kier molecular flexibility index (Phi) is 5.34. The van der Waals surface area contributed by atoms with Crippen molar-refractivity contribution in [3.63, 3.8) is 0 Å². The summed E-state index contributed by atoms with van der Waals surface area (Å²) in [6.45, 7) is 7.24. The summed E-state index contributed by atoms with van der Waals surface area (Å²) < 4.78 is 19.5. The zero-order valence-corrected chi connectivity index (χ0v) is 12.8. The first-order valence-electron chi connectivity index (χ1n) is 7.35. The molecule has 0 unspecified atom stereocenters. The fourth-order valence-electron chi connectivity index (χ4n) is 2.09. The molecule has 0 aliphatic rings. The number of rotatable bonds is 6. The Morgan fingerprint density at radius 2 is 1.71 bits per heavy atom. The van der Waals surface area contributed by atoms with E-state index in [0.717, 1.165) is 16.9 Å². The van der Waals surface area contributed by atoms with Crippen molar-refractivity contribution in [2.24, 2.45) is 0 Å². The van der Waals surface area contributed by atoms with E-state index in [1.54, 1.807) is 6.07 Å². The van der Waals surface area contributed by atoms with Crippen LogP contribution >= 0.6 is 0 Å². The number of nitrogens with one attached hydrogen (secondary N) is 1. The maximum Gasteiger partial charge on any atom is 0.128 e. The Hall–Kier alpha value is -1.87. The molecule has 2 aromatic rings. The third-order valence-electron chi connectivity index (χ3n) is 3.25. The van der Waals surface area contributed by atoms with Crippen LogP contribution in [0.2, 0.25) is 0 Å². The lowest BCUT2D eigenvalue weighted by molar-refractivity contribution is 0.340. The molecule has 0 spiro atoms. The molecule has 0 heterocycles. The molecule has 0 bridgehead atoms. The molecule has 0 saturated carbocycles.